The van der Waals surface area contributed by atoms with Gasteiger partial charge in [-0.3, -0.25) is 0 Å². The molecule has 0 aromatic heterocycles. The van der Waals surface area contributed by atoms with Gasteiger partial charge in [-0.2, -0.15) is 0 Å². The maximum Gasteiger partial charge on any atom is 0.410 e. The zero-order valence-corrected chi connectivity index (χ0v) is 17.2. The molecule has 1 amide bonds. The van der Waals surface area contributed by atoms with Crippen LogP contribution in [-0.2, 0) is 9.47 Å². The molecule has 2 aliphatic heterocycles. The van der Waals surface area contributed by atoms with Crippen LogP contribution in [0.2, 0.25) is 0 Å². The first-order valence-corrected chi connectivity index (χ1v) is 9.63. The number of aromatic carboxylic acids is 1. The van der Waals surface area contributed by atoms with Crippen molar-refractivity contribution in [2.24, 2.45) is 0 Å². The number of benzene rings is 1. The Morgan fingerprint density at radius 3 is 2.41 bits per heavy atom. The van der Waals surface area contributed by atoms with Gasteiger partial charge in [0.05, 0.1) is 35.7 Å². The summed E-state index contributed by atoms with van der Waals surface area (Å²) in [5, 5.41) is 12.8. The fourth-order valence-corrected chi connectivity index (χ4v) is 3.54. The molecule has 2 aliphatic rings. The molecular formula is C20H28FN3O5. The van der Waals surface area contributed by atoms with Gasteiger partial charge in [-0.25, -0.2) is 14.0 Å². The van der Waals surface area contributed by atoms with Gasteiger partial charge in [0, 0.05) is 32.2 Å². The van der Waals surface area contributed by atoms with Gasteiger partial charge >= 0.3 is 12.1 Å². The van der Waals surface area contributed by atoms with Crippen molar-refractivity contribution in [2.75, 3.05) is 49.6 Å². The lowest BCUT2D eigenvalue weighted by atomic mass is 9.91. The van der Waals surface area contributed by atoms with Crippen LogP contribution in [0.25, 0.3) is 0 Å². The third-order valence-electron chi connectivity index (χ3n) is 4.84. The average Bonchev–Trinajstić information content (AvgIpc) is 2.58. The van der Waals surface area contributed by atoms with E-state index in [2.05, 4.69) is 5.32 Å². The lowest BCUT2D eigenvalue weighted by Gasteiger charge is -2.48. The van der Waals surface area contributed by atoms with Crippen molar-refractivity contribution in [1.29, 1.82) is 0 Å². The van der Waals surface area contributed by atoms with E-state index >= 15 is 0 Å². The molecular weight excluding hydrogens is 381 g/mol. The molecule has 1 aromatic rings. The van der Waals surface area contributed by atoms with E-state index < -0.39 is 29.0 Å². The van der Waals surface area contributed by atoms with Crippen LogP contribution in [0.1, 0.15) is 38.1 Å². The third-order valence-corrected chi connectivity index (χ3v) is 4.84. The van der Waals surface area contributed by atoms with Crippen LogP contribution in [0.15, 0.2) is 12.1 Å². The molecule has 9 heteroatoms. The maximum atomic E-state index is 14.8. The molecule has 2 N–H and O–H groups in total. The minimum absolute atomic E-state index is 0.00941. The molecule has 2 fully saturated rings. The number of carboxylic acids is 1. The van der Waals surface area contributed by atoms with E-state index in [1.807, 2.05) is 6.92 Å². The number of nitrogens with zero attached hydrogens (tertiary/aromatic N) is 2. The third kappa shape index (κ3) is 4.90. The second-order valence-electron chi connectivity index (χ2n) is 8.78. The molecule has 1 aromatic carbocycles. The van der Waals surface area contributed by atoms with Gasteiger partial charge in [-0.1, -0.05) is 0 Å². The highest BCUT2D eigenvalue weighted by Crippen LogP contribution is 2.33. The van der Waals surface area contributed by atoms with Crippen LogP contribution in [0.3, 0.4) is 0 Å². The molecule has 3 rings (SSSR count). The van der Waals surface area contributed by atoms with Gasteiger partial charge in [-0.05, 0) is 33.8 Å². The fourth-order valence-electron chi connectivity index (χ4n) is 3.54. The topological polar surface area (TPSA) is 91.3 Å². The van der Waals surface area contributed by atoms with Crippen molar-refractivity contribution in [2.45, 2.75) is 38.8 Å². The first kappa shape index (κ1) is 21.2. The molecule has 2 heterocycles. The van der Waals surface area contributed by atoms with Crippen LogP contribution in [0.4, 0.5) is 20.6 Å². The standard InChI is InChI=1S/C20H28FN3O5/c1-19(2,3)29-18(27)24-11-20(4,12-24)22-15-10-14(21)16(9-13(15)17(25)26)23-5-7-28-8-6-23/h9-10,22H,5-8,11-12H2,1-4H3,(H,25,26). The summed E-state index contributed by atoms with van der Waals surface area (Å²) in [7, 11) is 0. The molecule has 0 saturated carbocycles. The number of anilines is 2. The van der Waals surface area contributed by atoms with Crippen molar-refractivity contribution < 1.29 is 28.6 Å². The molecule has 0 bridgehead atoms. The van der Waals surface area contributed by atoms with E-state index in [0.717, 1.165) is 0 Å². The van der Waals surface area contributed by atoms with Crippen LogP contribution in [0, 0.1) is 5.82 Å². The van der Waals surface area contributed by atoms with Gasteiger partial charge in [0.2, 0.25) is 0 Å². The normalized spacial score (nSPS) is 18.8. The number of likely N-dealkylation sites (tertiary alicyclic amines) is 1. The van der Waals surface area contributed by atoms with Crippen LogP contribution in [-0.4, -0.2) is 72.6 Å². The molecule has 0 unspecified atom stereocenters. The summed E-state index contributed by atoms with van der Waals surface area (Å²) < 4.78 is 25.4. The zero-order valence-electron chi connectivity index (χ0n) is 17.2. The number of ether oxygens (including phenoxy) is 2. The first-order valence-electron chi connectivity index (χ1n) is 9.63. The Morgan fingerprint density at radius 1 is 1.24 bits per heavy atom. The summed E-state index contributed by atoms with van der Waals surface area (Å²) >= 11 is 0. The smallest absolute Gasteiger partial charge is 0.410 e. The molecule has 0 radical (unpaired) electrons. The Bertz CT molecular complexity index is 796. The highest BCUT2D eigenvalue weighted by molar-refractivity contribution is 5.96. The predicted octanol–water partition coefficient (Wildman–Crippen LogP) is 2.78. The summed E-state index contributed by atoms with van der Waals surface area (Å²) in [6.07, 6.45) is -0.427. The number of rotatable bonds is 4. The van der Waals surface area contributed by atoms with Gasteiger partial charge < -0.3 is 29.7 Å². The van der Waals surface area contributed by atoms with Gasteiger partial charge in [0.25, 0.3) is 0 Å². The number of halogens is 1. The van der Waals surface area contributed by atoms with E-state index in [-0.39, 0.29) is 16.9 Å². The van der Waals surface area contributed by atoms with Crippen LogP contribution >= 0.6 is 0 Å². The maximum absolute atomic E-state index is 14.8. The Morgan fingerprint density at radius 2 is 1.86 bits per heavy atom. The van der Waals surface area contributed by atoms with E-state index in [4.69, 9.17) is 9.47 Å². The quantitative estimate of drug-likeness (QED) is 0.790. The summed E-state index contributed by atoms with van der Waals surface area (Å²) in [4.78, 5) is 27.2. The SMILES string of the molecule is CC1(Nc2cc(F)c(N3CCOCC3)cc2C(=O)O)CN(C(=O)OC(C)(C)C)C1. The number of morpholine rings is 1. The van der Waals surface area contributed by atoms with Gasteiger partial charge in [-0.15, -0.1) is 0 Å². The van der Waals surface area contributed by atoms with E-state index in [0.29, 0.717) is 39.4 Å². The second kappa shape index (κ2) is 7.70. The van der Waals surface area contributed by atoms with Crippen molar-refractivity contribution in [1.82, 2.24) is 4.90 Å². The number of carbonyl (C=O) groups is 2. The molecule has 2 saturated heterocycles. The monoisotopic (exact) mass is 409 g/mol. The van der Waals surface area contributed by atoms with Gasteiger partial charge in [0.1, 0.15) is 11.4 Å². The zero-order chi connectivity index (χ0) is 21.4. The summed E-state index contributed by atoms with van der Waals surface area (Å²) in [5.74, 6) is -1.64. The van der Waals surface area contributed by atoms with Crippen LogP contribution in [0.5, 0.6) is 0 Å². The Labute approximate surface area is 169 Å². The molecule has 29 heavy (non-hydrogen) atoms. The molecule has 160 valence electrons. The Hall–Kier alpha value is -2.55. The van der Waals surface area contributed by atoms with Crippen LogP contribution < -0.4 is 10.2 Å². The van der Waals surface area contributed by atoms with E-state index in [9.17, 15) is 19.1 Å². The Kier molecular flexibility index (Phi) is 5.62. The highest BCUT2D eigenvalue weighted by Gasteiger charge is 2.43. The van der Waals surface area contributed by atoms with Crippen molar-refractivity contribution in [3.05, 3.63) is 23.5 Å². The molecule has 8 nitrogen and oxygen atoms in total. The van der Waals surface area contributed by atoms with Crippen molar-refractivity contribution in [3.63, 3.8) is 0 Å². The average molecular weight is 409 g/mol. The lowest BCUT2D eigenvalue weighted by Crippen LogP contribution is -2.66. The van der Waals surface area contributed by atoms with Gasteiger partial charge in [0.15, 0.2) is 0 Å². The number of carbonyl (C=O) groups excluding carboxylic acids is 1. The Balaban J connectivity index is 1.74. The minimum atomic E-state index is -1.14. The first-order chi connectivity index (χ1) is 13.5. The fraction of sp³-hybridized carbons (Fsp3) is 0.600. The highest BCUT2D eigenvalue weighted by atomic mass is 19.1. The molecule has 0 spiro atoms. The predicted molar refractivity (Wildman–Crippen MR) is 106 cm³/mol. The minimum Gasteiger partial charge on any atom is -0.478 e. The van der Waals surface area contributed by atoms with Crippen molar-refractivity contribution in [3.8, 4) is 0 Å². The number of hydrogen-bond acceptors (Lipinski definition) is 6. The van der Waals surface area contributed by atoms with Crippen molar-refractivity contribution >= 4 is 23.4 Å². The van der Waals surface area contributed by atoms with E-state index in [1.165, 1.54) is 17.0 Å². The van der Waals surface area contributed by atoms with E-state index in [1.54, 1.807) is 25.7 Å². The number of carboxylic acid groups (broad SMARTS) is 1. The molecule has 0 aliphatic carbocycles. The second-order valence-corrected chi connectivity index (χ2v) is 8.78. The summed E-state index contributed by atoms with van der Waals surface area (Å²) in [5.41, 5.74) is -0.729. The summed E-state index contributed by atoms with van der Waals surface area (Å²) in [6.45, 7) is 9.84. The molecule has 0 atom stereocenters. The summed E-state index contributed by atoms with van der Waals surface area (Å²) in [6, 6.07) is 2.58. The number of amides is 1. The lowest BCUT2D eigenvalue weighted by molar-refractivity contribution is -0.00129. The largest absolute Gasteiger partial charge is 0.478 e. The number of nitrogens with one attached hydrogen (secondary N) is 1. The number of hydrogen-bond donors (Lipinski definition) is 2.